The van der Waals surface area contributed by atoms with Gasteiger partial charge in [-0.05, 0) is 18.6 Å². The van der Waals surface area contributed by atoms with Crippen LogP contribution in [0.2, 0.25) is 0 Å². The van der Waals surface area contributed by atoms with Crippen molar-refractivity contribution < 1.29 is 0 Å². The molecule has 0 bridgehead atoms. The van der Waals surface area contributed by atoms with Crippen LogP contribution in [0.1, 0.15) is 26.3 Å². The molecule has 0 aliphatic heterocycles. The van der Waals surface area contributed by atoms with Crippen molar-refractivity contribution in [2.45, 2.75) is 37.3 Å². The van der Waals surface area contributed by atoms with E-state index >= 15 is 0 Å². The largest absolute Gasteiger partial charge is 0.352 e. The summed E-state index contributed by atoms with van der Waals surface area (Å²) in [6, 6.07) is 2.00. The van der Waals surface area contributed by atoms with E-state index in [1.807, 2.05) is 24.0 Å². The fraction of sp³-hybridized carbons (Fsp3) is 0.500. The zero-order chi connectivity index (χ0) is 10.1. The monoisotopic (exact) mass is 213 g/mol. The van der Waals surface area contributed by atoms with Gasteiger partial charge in [-0.15, -0.1) is 11.8 Å². The fourth-order valence-corrected chi connectivity index (χ4v) is 2.23. The van der Waals surface area contributed by atoms with Gasteiger partial charge in [-0.25, -0.2) is 0 Å². The molecule has 13 heavy (non-hydrogen) atoms. The number of rotatable bonds is 1. The Labute approximate surface area is 89.0 Å². The summed E-state index contributed by atoms with van der Waals surface area (Å²) in [7, 11) is 0. The van der Waals surface area contributed by atoms with E-state index in [0.29, 0.717) is 0 Å². The zero-order valence-corrected chi connectivity index (χ0v) is 10.1. The lowest BCUT2D eigenvalue weighted by molar-refractivity contribution is 0.801. The lowest BCUT2D eigenvalue weighted by Gasteiger charge is -2.18. The molecule has 1 aromatic heterocycles. The molecule has 0 spiro atoms. The van der Waals surface area contributed by atoms with Crippen LogP contribution in [0.4, 0.5) is 0 Å². The highest BCUT2D eigenvalue weighted by Gasteiger charge is 2.13. The molecule has 0 aliphatic carbocycles. The van der Waals surface area contributed by atoms with Crippen LogP contribution < -0.4 is 0 Å². The number of hydrogen-bond acceptors (Lipinski definition) is 2. The van der Waals surface area contributed by atoms with Gasteiger partial charge in [0.1, 0.15) is 4.64 Å². The summed E-state index contributed by atoms with van der Waals surface area (Å²) in [5.74, 6) is 0. The van der Waals surface area contributed by atoms with E-state index in [4.69, 9.17) is 12.2 Å². The van der Waals surface area contributed by atoms with Gasteiger partial charge < -0.3 is 4.98 Å². The van der Waals surface area contributed by atoms with Gasteiger partial charge in [-0.1, -0.05) is 33.0 Å². The predicted octanol–water partition coefficient (Wildman–Crippen LogP) is 3.94. The second kappa shape index (κ2) is 3.84. The number of nitrogens with one attached hydrogen (secondary N) is 1. The molecule has 0 unspecified atom stereocenters. The maximum atomic E-state index is 5.04. The number of pyridine rings is 1. The molecule has 1 rings (SSSR count). The van der Waals surface area contributed by atoms with Gasteiger partial charge in [0.2, 0.25) is 0 Å². The predicted molar refractivity (Wildman–Crippen MR) is 62.0 cm³/mol. The Morgan fingerprint density at radius 2 is 2.00 bits per heavy atom. The minimum atomic E-state index is 0.252. The summed E-state index contributed by atoms with van der Waals surface area (Å²) in [6.07, 6.45) is 1.99. The molecule has 0 radical (unpaired) electrons. The minimum Gasteiger partial charge on any atom is -0.352 e. The highest BCUT2D eigenvalue weighted by molar-refractivity contribution is 8.00. The first-order valence-corrected chi connectivity index (χ1v) is 5.49. The number of thioether (sulfide) groups is 1. The highest BCUT2D eigenvalue weighted by Crippen LogP contribution is 2.33. The minimum absolute atomic E-state index is 0.252. The summed E-state index contributed by atoms with van der Waals surface area (Å²) in [5.41, 5.74) is 1.25. The quantitative estimate of drug-likeness (QED) is 0.561. The summed E-state index contributed by atoms with van der Waals surface area (Å²) < 4.78 is 1.05. The van der Waals surface area contributed by atoms with E-state index in [0.717, 1.165) is 4.64 Å². The molecule has 0 amide bonds. The van der Waals surface area contributed by atoms with E-state index in [2.05, 4.69) is 32.7 Å². The number of aryl methyl sites for hydroxylation is 1. The van der Waals surface area contributed by atoms with Crippen LogP contribution in [-0.2, 0) is 0 Å². The molecule has 1 aromatic rings. The van der Waals surface area contributed by atoms with Gasteiger partial charge in [-0.2, -0.15) is 0 Å². The Morgan fingerprint density at radius 3 is 2.46 bits per heavy atom. The van der Waals surface area contributed by atoms with E-state index in [9.17, 15) is 0 Å². The first-order chi connectivity index (χ1) is 5.88. The van der Waals surface area contributed by atoms with Crippen molar-refractivity contribution in [1.82, 2.24) is 4.98 Å². The lowest BCUT2D eigenvalue weighted by atomic mass is 10.3. The number of H-pyrrole nitrogens is 1. The molecule has 0 aromatic carbocycles. The van der Waals surface area contributed by atoms with Crippen molar-refractivity contribution in [1.29, 1.82) is 0 Å². The third-order valence-corrected chi connectivity index (χ3v) is 3.01. The molecule has 0 aliphatic rings. The molecule has 1 N–H and O–H groups in total. The normalized spacial score (nSPS) is 11.7. The van der Waals surface area contributed by atoms with Crippen LogP contribution in [-0.4, -0.2) is 9.73 Å². The summed E-state index contributed by atoms with van der Waals surface area (Å²) in [4.78, 5) is 4.34. The van der Waals surface area contributed by atoms with E-state index in [-0.39, 0.29) is 4.75 Å². The number of hydrogen-bond donors (Lipinski definition) is 1. The van der Waals surface area contributed by atoms with Crippen molar-refractivity contribution in [3.8, 4) is 0 Å². The van der Waals surface area contributed by atoms with Crippen LogP contribution in [0.15, 0.2) is 17.2 Å². The van der Waals surface area contributed by atoms with E-state index < -0.39 is 0 Å². The van der Waals surface area contributed by atoms with Crippen LogP contribution in [0.3, 0.4) is 0 Å². The van der Waals surface area contributed by atoms with Crippen molar-refractivity contribution in [2.24, 2.45) is 0 Å². The first kappa shape index (κ1) is 10.8. The summed E-state index contributed by atoms with van der Waals surface area (Å²) >= 11 is 6.89. The maximum absolute atomic E-state index is 5.04. The first-order valence-electron chi connectivity index (χ1n) is 4.27. The third kappa shape index (κ3) is 3.53. The van der Waals surface area contributed by atoms with Crippen LogP contribution in [0.25, 0.3) is 0 Å². The van der Waals surface area contributed by atoms with Gasteiger partial charge in [0, 0.05) is 15.8 Å². The Bertz CT molecular complexity index is 347. The van der Waals surface area contributed by atoms with Gasteiger partial charge in [0.15, 0.2) is 0 Å². The molecule has 0 saturated heterocycles. The van der Waals surface area contributed by atoms with Gasteiger partial charge >= 0.3 is 0 Å². The molecule has 0 saturated carbocycles. The number of aromatic amines is 1. The lowest BCUT2D eigenvalue weighted by Crippen LogP contribution is -2.07. The van der Waals surface area contributed by atoms with Gasteiger partial charge in [0.25, 0.3) is 0 Å². The van der Waals surface area contributed by atoms with E-state index in [1.54, 1.807) is 0 Å². The average Bonchev–Trinajstić information content (AvgIpc) is 1.93. The molecule has 0 fully saturated rings. The van der Waals surface area contributed by atoms with Crippen molar-refractivity contribution in [2.75, 3.05) is 0 Å². The Hall–Kier alpha value is -0.280. The van der Waals surface area contributed by atoms with Crippen LogP contribution in [0.5, 0.6) is 0 Å². The smallest absolute Gasteiger partial charge is 0.103 e. The standard InChI is InChI=1S/C10H15NS2/c1-7-5-9(12)11-6-8(7)13-10(2,3)4/h5-6H,1-4H3,(H,11,12). The Morgan fingerprint density at radius 1 is 1.38 bits per heavy atom. The third-order valence-electron chi connectivity index (χ3n) is 1.50. The molecular weight excluding hydrogens is 198 g/mol. The van der Waals surface area contributed by atoms with Gasteiger partial charge in [-0.3, -0.25) is 0 Å². The summed E-state index contributed by atoms with van der Waals surface area (Å²) in [6.45, 7) is 8.72. The Balaban J connectivity index is 2.97. The number of aromatic nitrogens is 1. The fourth-order valence-electron chi connectivity index (χ4n) is 1.000. The van der Waals surface area contributed by atoms with Crippen molar-refractivity contribution in [3.05, 3.63) is 22.5 Å². The molecular formula is C10H15NS2. The average molecular weight is 213 g/mol. The Kier molecular flexibility index (Phi) is 3.19. The van der Waals surface area contributed by atoms with E-state index in [1.165, 1.54) is 10.5 Å². The molecule has 3 heteroatoms. The second-order valence-electron chi connectivity index (χ2n) is 4.06. The molecule has 72 valence electrons. The molecule has 0 atom stereocenters. The van der Waals surface area contributed by atoms with Crippen LogP contribution in [0, 0.1) is 11.6 Å². The van der Waals surface area contributed by atoms with Crippen molar-refractivity contribution in [3.63, 3.8) is 0 Å². The topological polar surface area (TPSA) is 15.8 Å². The SMILES string of the molecule is Cc1cc(=S)[nH]cc1SC(C)(C)C. The molecule has 1 nitrogen and oxygen atoms in total. The highest BCUT2D eigenvalue weighted by atomic mass is 32.2. The summed E-state index contributed by atoms with van der Waals surface area (Å²) in [5, 5.41) is 0. The van der Waals surface area contributed by atoms with Crippen LogP contribution >= 0.6 is 24.0 Å². The van der Waals surface area contributed by atoms with Gasteiger partial charge in [0.05, 0.1) is 0 Å². The molecule has 1 heterocycles. The van der Waals surface area contributed by atoms with Crippen molar-refractivity contribution >= 4 is 24.0 Å². The zero-order valence-electron chi connectivity index (χ0n) is 8.47. The maximum Gasteiger partial charge on any atom is 0.103 e. The second-order valence-corrected chi connectivity index (χ2v) is 6.37.